The van der Waals surface area contributed by atoms with E-state index in [1.54, 1.807) is 0 Å². The van der Waals surface area contributed by atoms with Crippen LogP contribution in [0.25, 0.3) is 0 Å². The Bertz CT molecular complexity index is 327. The Labute approximate surface area is 130 Å². The van der Waals surface area contributed by atoms with Crippen LogP contribution in [0.4, 0.5) is 0 Å². The Hall–Kier alpha value is -0.120. The van der Waals surface area contributed by atoms with Gasteiger partial charge in [-0.15, -0.1) is 0 Å². The molecule has 1 saturated heterocycles. The van der Waals surface area contributed by atoms with Gasteiger partial charge in [-0.2, -0.15) is 0 Å². The number of nitrogens with zero attached hydrogens (tertiary/aromatic N) is 1. The summed E-state index contributed by atoms with van der Waals surface area (Å²) in [5.74, 6) is 1.65. The van der Waals surface area contributed by atoms with E-state index >= 15 is 0 Å². The third-order valence-corrected chi connectivity index (χ3v) is 6.86. The average Bonchev–Trinajstić information content (AvgIpc) is 2.96. The molecule has 3 heteroatoms. The normalized spacial score (nSPS) is 41.1. The van der Waals surface area contributed by atoms with Crippen LogP contribution in [0.3, 0.4) is 0 Å². The summed E-state index contributed by atoms with van der Waals surface area (Å²) < 4.78 is 0. The van der Waals surface area contributed by atoms with Gasteiger partial charge in [0.15, 0.2) is 0 Å². The van der Waals surface area contributed by atoms with Gasteiger partial charge in [0, 0.05) is 11.6 Å². The van der Waals surface area contributed by atoms with E-state index < -0.39 is 0 Å². The van der Waals surface area contributed by atoms with Gasteiger partial charge in [-0.05, 0) is 76.9 Å². The number of piperidine rings is 1. The van der Waals surface area contributed by atoms with Crippen molar-refractivity contribution in [2.75, 3.05) is 26.7 Å². The second-order valence-electron chi connectivity index (χ2n) is 7.73. The number of aliphatic hydroxyl groups excluding tert-OH is 1. The highest BCUT2D eigenvalue weighted by molar-refractivity contribution is 4.98. The number of nitrogens with one attached hydrogen (secondary N) is 1. The number of hydrogen-bond donors (Lipinski definition) is 2. The minimum atomic E-state index is 0.0156. The molecule has 1 aliphatic heterocycles. The molecule has 0 radical (unpaired) electrons. The summed E-state index contributed by atoms with van der Waals surface area (Å²) in [6.45, 7) is 2.88. The fourth-order valence-electron chi connectivity index (χ4n) is 5.51. The second kappa shape index (κ2) is 6.97. The molecule has 0 spiro atoms. The molecule has 0 bridgehead atoms. The molecule has 3 fully saturated rings. The lowest BCUT2D eigenvalue weighted by molar-refractivity contribution is 0.0479. The first-order valence-corrected chi connectivity index (χ1v) is 9.33. The van der Waals surface area contributed by atoms with E-state index in [2.05, 4.69) is 10.2 Å². The van der Waals surface area contributed by atoms with Crippen LogP contribution in [0, 0.1) is 11.8 Å². The highest BCUT2D eigenvalue weighted by atomic mass is 16.3. The molecule has 1 heterocycles. The minimum Gasteiger partial charge on any atom is -0.394 e. The maximum Gasteiger partial charge on any atom is 0.0615 e. The van der Waals surface area contributed by atoms with Gasteiger partial charge in [-0.25, -0.2) is 0 Å². The van der Waals surface area contributed by atoms with Crippen molar-refractivity contribution in [3.05, 3.63) is 0 Å². The first-order valence-electron chi connectivity index (χ1n) is 9.33. The van der Waals surface area contributed by atoms with E-state index in [9.17, 15) is 5.11 Å². The van der Waals surface area contributed by atoms with E-state index in [-0.39, 0.29) is 5.54 Å². The molecular weight excluding hydrogens is 260 g/mol. The summed E-state index contributed by atoms with van der Waals surface area (Å²) in [6, 6.07) is 0.881. The topological polar surface area (TPSA) is 35.5 Å². The molecule has 21 heavy (non-hydrogen) atoms. The van der Waals surface area contributed by atoms with Crippen molar-refractivity contribution in [1.82, 2.24) is 10.2 Å². The Morgan fingerprint density at radius 1 is 1.10 bits per heavy atom. The van der Waals surface area contributed by atoms with Gasteiger partial charge in [-0.1, -0.05) is 19.3 Å². The van der Waals surface area contributed by atoms with E-state index in [4.69, 9.17) is 0 Å². The number of rotatable bonds is 5. The SMILES string of the molecule is CNC1(CO)CCCC1CCN1CCCC2CCCCC21. The Kier molecular flexibility index (Phi) is 5.23. The van der Waals surface area contributed by atoms with Gasteiger partial charge in [0.05, 0.1) is 6.61 Å². The van der Waals surface area contributed by atoms with Crippen LogP contribution in [0.15, 0.2) is 0 Å². The largest absolute Gasteiger partial charge is 0.394 e. The highest BCUT2D eigenvalue weighted by Gasteiger charge is 2.41. The number of likely N-dealkylation sites (tertiary alicyclic amines) is 1. The summed E-state index contributed by atoms with van der Waals surface area (Å²) in [5.41, 5.74) is 0.0156. The molecule has 0 aromatic rings. The van der Waals surface area contributed by atoms with Crippen molar-refractivity contribution < 1.29 is 5.11 Å². The summed E-state index contributed by atoms with van der Waals surface area (Å²) in [4.78, 5) is 2.81. The molecule has 4 unspecified atom stereocenters. The number of hydrogen-bond acceptors (Lipinski definition) is 3. The van der Waals surface area contributed by atoms with Crippen LogP contribution < -0.4 is 5.32 Å². The van der Waals surface area contributed by atoms with Crippen LogP contribution in [-0.4, -0.2) is 48.3 Å². The zero-order chi connectivity index (χ0) is 14.7. The summed E-state index contributed by atoms with van der Waals surface area (Å²) in [5, 5.41) is 13.3. The van der Waals surface area contributed by atoms with Crippen molar-refractivity contribution in [3.8, 4) is 0 Å². The second-order valence-corrected chi connectivity index (χ2v) is 7.73. The third-order valence-electron chi connectivity index (χ3n) is 6.86. The summed E-state index contributed by atoms with van der Waals surface area (Å²) in [7, 11) is 2.03. The van der Waals surface area contributed by atoms with E-state index in [1.807, 2.05) is 7.05 Å². The van der Waals surface area contributed by atoms with Gasteiger partial charge < -0.3 is 15.3 Å². The number of aliphatic hydroxyl groups is 1. The predicted octanol–water partition coefficient (Wildman–Crippen LogP) is 2.78. The van der Waals surface area contributed by atoms with Crippen LogP contribution in [0.1, 0.15) is 64.2 Å². The third kappa shape index (κ3) is 3.16. The summed E-state index contributed by atoms with van der Waals surface area (Å²) in [6.07, 6.45) is 13.7. The molecular formula is C18H34N2O. The van der Waals surface area contributed by atoms with Crippen LogP contribution in [-0.2, 0) is 0 Å². The maximum absolute atomic E-state index is 9.84. The van der Waals surface area contributed by atoms with Gasteiger partial charge in [-0.3, -0.25) is 0 Å². The maximum atomic E-state index is 9.84. The van der Waals surface area contributed by atoms with E-state index in [0.29, 0.717) is 12.5 Å². The van der Waals surface area contributed by atoms with Crippen LogP contribution >= 0.6 is 0 Å². The average molecular weight is 294 g/mol. The van der Waals surface area contributed by atoms with Gasteiger partial charge >= 0.3 is 0 Å². The van der Waals surface area contributed by atoms with E-state index in [1.165, 1.54) is 70.9 Å². The lowest BCUT2D eigenvalue weighted by Crippen LogP contribution is -2.51. The van der Waals surface area contributed by atoms with Crippen molar-refractivity contribution >= 4 is 0 Å². The van der Waals surface area contributed by atoms with Crippen LogP contribution in [0.2, 0.25) is 0 Å². The minimum absolute atomic E-state index is 0.0156. The fourth-order valence-corrected chi connectivity index (χ4v) is 5.51. The Morgan fingerprint density at radius 2 is 1.90 bits per heavy atom. The highest BCUT2D eigenvalue weighted by Crippen LogP contribution is 2.39. The molecule has 0 amide bonds. The number of likely N-dealkylation sites (N-methyl/N-ethyl adjacent to an activating group) is 1. The lowest BCUT2D eigenvalue weighted by atomic mass is 9.78. The Balaban J connectivity index is 1.56. The lowest BCUT2D eigenvalue weighted by Gasteiger charge is -2.45. The van der Waals surface area contributed by atoms with Crippen molar-refractivity contribution in [2.24, 2.45) is 11.8 Å². The molecule has 2 saturated carbocycles. The molecule has 3 rings (SSSR count). The van der Waals surface area contributed by atoms with E-state index in [0.717, 1.165) is 18.4 Å². The fraction of sp³-hybridized carbons (Fsp3) is 1.00. The molecule has 3 nitrogen and oxygen atoms in total. The molecule has 0 aromatic heterocycles. The van der Waals surface area contributed by atoms with Gasteiger partial charge in [0.25, 0.3) is 0 Å². The monoisotopic (exact) mass is 294 g/mol. The zero-order valence-electron chi connectivity index (χ0n) is 13.8. The first kappa shape index (κ1) is 15.8. The predicted molar refractivity (Wildman–Crippen MR) is 87.4 cm³/mol. The summed E-state index contributed by atoms with van der Waals surface area (Å²) >= 11 is 0. The van der Waals surface area contributed by atoms with Crippen molar-refractivity contribution in [1.29, 1.82) is 0 Å². The molecule has 122 valence electrons. The molecule has 3 aliphatic rings. The quantitative estimate of drug-likeness (QED) is 0.818. The Morgan fingerprint density at radius 3 is 2.71 bits per heavy atom. The van der Waals surface area contributed by atoms with Crippen molar-refractivity contribution in [3.63, 3.8) is 0 Å². The molecule has 4 atom stereocenters. The molecule has 0 aromatic carbocycles. The van der Waals surface area contributed by atoms with Gasteiger partial charge in [0.1, 0.15) is 0 Å². The van der Waals surface area contributed by atoms with Crippen LogP contribution in [0.5, 0.6) is 0 Å². The first-order chi connectivity index (χ1) is 10.3. The standard InChI is InChI=1S/C18H34N2O/c1-19-18(14-21)11-4-8-16(18)10-13-20-12-5-7-15-6-2-3-9-17(15)20/h15-17,19,21H,2-14H2,1H3. The van der Waals surface area contributed by atoms with Gasteiger partial charge in [0.2, 0.25) is 0 Å². The number of fused-ring (bicyclic) bond motifs is 1. The zero-order valence-corrected chi connectivity index (χ0v) is 13.8. The smallest absolute Gasteiger partial charge is 0.0615 e. The molecule has 2 aliphatic carbocycles. The molecule has 2 N–H and O–H groups in total. The van der Waals surface area contributed by atoms with Crippen molar-refractivity contribution in [2.45, 2.75) is 75.8 Å².